The molecule has 1 heterocycles. The standard InChI is InChI=1S/C24H20Cl2FN3O3/c25-18-5-1-16(2-6-18)23(17-3-7-19(26)8-4-17)28-11-13-29(14-12-28)24(31)21-15-20(30(32)33)9-10-22(21)27/h1-10,15,23H,11-14H2. The minimum absolute atomic E-state index is 0.0775. The molecule has 0 radical (unpaired) electrons. The van der Waals surface area contributed by atoms with Gasteiger partial charge in [0, 0.05) is 48.4 Å². The molecule has 0 unspecified atom stereocenters. The Morgan fingerprint density at radius 2 is 1.39 bits per heavy atom. The molecule has 0 aliphatic carbocycles. The van der Waals surface area contributed by atoms with Gasteiger partial charge in [-0.05, 0) is 41.5 Å². The molecule has 4 rings (SSSR count). The third kappa shape index (κ3) is 5.16. The maximum Gasteiger partial charge on any atom is 0.270 e. The molecule has 1 saturated heterocycles. The number of benzene rings is 3. The van der Waals surface area contributed by atoms with Crippen molar-refractivity contribution < 1.29 is 14.1 Å². The Hall–Kier alpha value is -3.00. The average molecular weight is 488 g/mol. The van der Waals surface area contributed by atoms with Gasteiger partial charge >= 0.3 is 0 Å². The van der Waals surface area contributed by atoms with Crippen LogP contribution in [0.2, 0.25) is 10.0 Å². The molecule has 6 nitrogen and oxygen atoms in total. The van der Waals surface area contributed by atoms with E-state index in [1.807, 2.05) is 48.5 Å². The summed E-state index contributed by atoms with van der Waals surface area (Å²) >= 11 is 12.2. The van der Waals surface area contributed by atoms with Crippen LogP contribution in [0.4, 0.5) is 10.1 Å². The molecule has 1 aliphatic heterocycles. The van der Waals surface area contributed by atoms with Crippen molar-refractivity contribution >= 4 is 34.8 Å². The maximum absolute atomic E-state index is 14.2. The number of rotatable bonds is 5. The highest BCUT2D eigenvalue weighted by atomic mass is 35.5. The molecule has 0 spiro atoms. The Kier molecular flexibility index (Phi) is 6.93. The van der Waals surface area contributed by atoms with Crippen molar-refractivity contribution in [1.82, 2.24) is 9.80 Å². The van der Waals surface area contributed by atoms with Gasteiger partial charge in [0.25, 0.3) is 11.6 Å². The number of carbonyl (C=O) groups excluding carboxylic acids is 1. The van der Waals surface area contributed by atoms with Crippen molar-refractivity contribution in [3.8, 4) is 0 Å². The van der Waals surface area contributed by atoms with Gasteiger partial charge in [0.15, 0.2) is 0 Å². The van der Waals surface area contributed by atoms with Crippen LogP contribution in [0.5, 0.6) is 0 Å². The van der Waals surface area contributed by atoms with E-state index in [1.165, 1.54) is 4.90 Å². The molecule has 1 fully saturated rings. The Bertz CT molecular complexity index is 1120. The van der Waals surface area contributed by atoms with Crippen LogP contribution in [0.15, 0.2) is 66.7 Å². The van der Waals surface area contributed by atoms with Crippen LogP contribution in [0.3, 0.4) is 0 Å². The molecule has 1 amide bonds. The number of halogens is 3. The molecule has 9 heteroatoms. The first-order valence-electron chi connectivity index (χ1n) is 10.3. The number of amides is 1. The quantitative estimate of drug-likeness (QED) is 0.347. The van der Waals surface area contributed by atoms with E-state index in [9.17, 15) is 19.3 Å². The van der Waals surface area contributed by atoms with Gasteiger partial charge in [-0.15, -0.1) is 0 Å². The van der Waals surface area contributed by atoms with Gasteiger partial charge in [-0.1, -0.05) is 47.5 Å². The molecule has 0 bridgehead atoms. The number of hydrogen-bond acceptors (Lipinski definition) is 4. The number of nitro benzene ring substituents is 1. The SMILES string of the molecule is O=C(c1cc([N+](=O)[O-])ccc1F)N1CCN(C(c2ccc(Cl)cc2)c2ccc(Cl)cc2)CC1. The molecule has 1 aliphatic rings. The van der Waals surface area contributed by atoms with Crippen molar-refractivity contribution in [3.63, 3.8) is 0 Å². The summed E-state index contributed by atoms with van der Waals surface area (Å²) in [4.78, 5) is 27.1. The number of non-ortho nitro benzene ring substituents is 1. The van der Waals surface area contributed by atoms with Gasteiger partial charge in [-0.2, -0.15) is 0 Å². The summed E-state index contributed by atoms with van der Waals surface area (Å²) in [5.41, 5.74) is 1.49. The van der Waals surface area contributed by atoms with Crippen LogP contribution in [-0.2, 0) is 0 Å². The summed E-state index contributed by atoms with van der Waals surface area (Å²) in [5, 5.41) is 12.3. The molecule has 170 valence electrons. The molecule has 0 atom stereocenters. The van der Waals surface area contributed by atoms with Gasteiger partial charge in [0.1, 0.15) is 5.82 Å². The first-order chi connectivity index (χ1) is 15.8. The highest BCUT2D eigenvalue weighted by Gasteiger charge is 2.30. The van der Waals surface area contributed by atoms with E-state index >= 15 is 0 Å². The molecule has 3 aromatic rings. The minimum Gasteiger partial charge on any atom is -0.336 e. The Morgan fingerprint density at radius 3 is 1.88 bits per heavy atom. The molecule has 0 aromatic heterocycles. The van der Waals surface area contributed by atoms with Gasteiger partial charge < -0.3 is 4.90 Å². The van der Waals surface area contributed by atoms with Crippen LogP contribution in [0.25, 0.3) is 0 Å². The lowest BCUT2D eigenvalue weighted by atomic mass is 9.96. The van der Waals surface area contributed by atoms with Crippen LogP contribution < -0.4 is 0 Å². The van der Waals surface area contributed by atoms with Crippen LogP contribution in [0, 0.1) is 15.9 Å². The highest BCUT2D eigenvalue weighted by molar-refractivity contribution is 6.30. The normalized spacial score (nSPS) is 14.5. The predicted octanol–water partition coefficient (Wildman–Crippen LogP) is 5.59. The third-order valence-electron chi connectivity index (χ3n) is 5.73. The number of carbonyl (C=O) groups is 1. The highest BCUT2D eigenvalue weighted by Crippen LogP contribution is 2.31. The van der Waals surface area contributed by atoms with Gasteiger partial charge in [0.2, 0.25) is 0 Å². The lowest BCUT2D eigenvalue weighted by molar-refractivity contribution is -0.384. The second kappa shape index (κ2) is 9.87. The summed E-state index contributed by atoms with van der Waals surface area (Å²) < 4.78 is 14.2. The summed E-state index contributed by atoms with van der Waals surface area (Å²) in [7, 11) is 0. The number of nitro groups is 1. The van der Waals surface area contributed by atoms with Crippen molar-refractivity contribution in [2.75, 3.05) is 26.2 Å². The van der Waals surface area contributed by atoms with Crippen molar-refractivity contribution in [2.45, 2.75) is 6.04 Å². The van der Waals surface area contributed by atoms with Crippen LogP contribution in [-0.4, -0.2) is 46.8 Å². The molecule has 0 saturated carbocycles. The summed E-state index contributed by atoms with van der Waals surface area (Å²) in [6, 6.07) is 18.2. The smallest absolute Gasteiger partial charge is 0.270 e. The summed E-state index contributed by atoms with van der Waals surface area (Å²) in [6.07, 6.45) is 0. The molecule has 33 heavy (non-hydrogen) atoms. The number of hydrogen-bond donors (Lipinski definition) is 0. The van der Waals surface area contributed by atoms with E-state index in [2.05, 4.69) is 4.90 Å². The number of nitrogens with zero attached hydrogens (tertiary/aromatic N) is 3. The molecule has 3 aromatic carbocycles. The molecular formula is C24H20Cl2FN3O3. The average Bonchev–Trinajstić information content (AvgIpc) is 2.82. The number of piperazine rings is 1. The van der Waals surface area contributed by atoms with Crippen LogP contribution >= 0.6 is 23.2 Å². The van der Waals surface area contributed by atoms with E-state index in [1.54, 1.807) is 0 Å². The maximum atomic E-state index is 14.2. The Balaban J connectivity index is 1.55. The fraction of sp³-hybridized carbons (Fsp3) is 0.208. The Labute approximate surface area is 200 Å². The van der Waals surface area contributed by atoms with E-state index in [0.29, 0.717) is 36.2 Å². The van der Waals surface area contributed by atoms with Gasteiger partial charge in [-0.25, -0.2) is 4.39 Å². The third-order valence-corrected chi connectivity index (χ3v) is 6.23. The lowest BCUT2D eigenvalue weighted by Crippen LogP contribution is -2.50. The topological polar surface area (TPSA) is 66.7 Å². The monoisotopic (exact) mass is 487 g/mol. The first kappa shape index (κ1) is 23.2. The zero-order chi connectivity index (χ0) is 23.5. The van der Waals surface area contributed by atoms with Crippen LogP contribution in [0.1, 0.15) is 27.5 Å². The van der Waals surface area contributed by atoms with Gasteiger partial charge in [0.05, 0.1) is 16.5 Å². The van der Waals surface area contributed by atoms with E-state index in [4.69, 9.17) is 23.2 Å². The minimum atomic E-state index is -0.770. The second-order valence-corrected chi connectivity index (χ2v) is 8.63. The van der Waals surface area contributed by atoms with E-state index in [0.717, 1.165) is 29.3 Å². The molecule has 0 N–H and O–H groups in total. The first-order valence-corrected chi connectivity index (χ1v) is 11.1. The fourth-order valence-electron chi connectivity index (χ4n) is 4.05. The summed E-state index contributed by atoms with van der Waals surface area (Å²) in [6.45, 7) is 1.80. The summed E-state index contributed by atoms with van der Waals surface area (Å²) in [5.74, 6) is -1.32. The van der Waals surface area contributed by atoms with Crippen molar-refractivity contribution in [2.24, 2.45) is 0 Å². The Morgan fingerprint density at radius 1 is 0.879 bits per heavy atom. The zero-order valence-electron chi connectivity index (χ0n) is 17.5. The van der Waals surface area contributed by atoms with E-state index < -0.39 is 16.6 Å². The fourth-order valence-corrected chi connectivity index (χ4v) is 4.30. The largest absolute Gasteiger partial charge is 0.336 e. The zero-order valence-corrected chi connectivity index (χ0v) is 19.0. The lowest BCUT2D eigenvalue weighted by Gasteiger charge is -2.39. The second-order valence-electron chi connectivity index (χ2n) is 7.76. The van der Waals surface area contributed by atoms with Crippen molar-refractivity contribution in [1.29, 1.82) is 0 Å². The van der Waals surface area contributed by atoms with Gasteiger partial charge in [-0.3, -0.25) is 19.8 Å². The van der Waals surface area contributed by atoms with E-state index in [-0.39, 0.29) is 17.3 Å². The molecular weight excluding hydrogens is 468 g/mol. The van der Waals surface area contributed by atoms with Crippen molar-refractivity contribution in [3.05, 3.63) is 109 Å². The predicted molar refractivity (Wildman–Crippen MR) is 125 cm³/mol.